The minimum absolute atomic E-state index is 0.0178. The molecule has 20 heavy (non-hydrogen) atoms. The van der Waals surface area contributed by atoms with Gasteiger partial charge in [-0.2, -0.15) is 0 Å². The van der Waals surface area contributed by atoms with Crippen LogP contribution in [0.5, 0.6) is 0 Å². The summed E-state index contributed by atoms with van der Waals surface area (Å²) >= 11 is 1.71. The van der Waals surface area contributed by atoms with Crippen LogP contribution in [0.4, 0.5) is 11.4 Å². The maximum Gasteiger partial charge on any atom is 0.253 e. The fourth-order valence-electron chi connectivity index (χ4n) is 1.99. The molecule has 1 amide bonds. The summed E-state index contributed by atoms with van der Waals surface area (Å²) in [6, 6.07) is 9.53. The summed E-state index contributed by atoms with van der Waals surface area (Å²) in [7, 11) is 5.47. The molecule has 0 fully saturated rings. The smallest absolute Gasteiger partial charge is 0.253 e. The van der Waals surface area contributed by atoms with E-state index >= 15 is 0 Å². The summed E-state index contributed by atoms with van der Waals surface area (Å²) in [5.41, 5.74) is 8.24. The van der Waals surface area contributed by atoms with Crippen LogP contribution in [-0.2, 0) is 6.54 Å². The number of thiophene rings is 1. The van der Waals surface area contributed by atoms with Crippen LogP contribution in [0, 0.1) is 0 Å². The van der Waals surface area contributed by atoms with Gasteiger partial charge in [0.05, 0.1) is 17.9 Å². The van der Waals surface area contributed by atoms with Gasteiger partial charge in [-0.1, -0.05) is 6.07 Å². The highest BCUT2D eigenvalue weighted by Gasteiger charge is 2.13. The van der Waals surface area contributed by atoms with Gasteiger partial charge < -0.3 is 15.5 Å². The third kappa shape index (κ3) is 3.11. The summed E-state index contributed by atoms with van der Waals surface area (Å²) in [5, 5.41) is 2.05. The second kappa shape index (κ2) is 5.96. The van der Waals surface area contributed by atoms with Crippen LogP contribution in [0.25, 0.3) is 0 Å². The Bertz CT molecular complexity index is 593. The average Bonchev–Trinajstić information content (AvgIpc) is 2.91. The van der Waals surface area contributed by atoms with Gasteiger partial charge in [0.15, 0.2) is 0 Å². The van der Waals surface area contributed by atoms with E-state index in [-0.39, 0.29) is 5.91 Å². The molecule has 2 aromatic rings. The van der Waals surface area contributed by atoms with Crippen molar-refractivity contribution in [1.29, 1.82) is 0 Å². The number of carbonyl (C=O) groups excluding carboxylic acids is 1. The summed E-state index contributed by atoms with van der Waals surface area (Å²) in [4.78, 5) is 16.9. The zero-order valence-electron chi connectivity index (χ0n) is 12.0. The van der Waals surface area contributed by atoms with E-state index in [1.54, 1.807) is 42.5 Å². The van der Waals surface area contributed by atoms with E-state index in [2.05, 4.69) is 16.3 Å². The van der Waals surface area contributed by atoms with E-state index in [0.717, 1.165) is 12.2 Å². The lowest BCUT2D eigenvalue weighted by atomic mass is 10.1. The third-order valence-corrected chi connectivity index (χ3v) is 3.93. The molecule has 0 unspecified atom stereocenters. The zero-order valence-corrected chi connectivity index (χ0v) is 12.8. The fourth-order valence-corrected chi connectivity index (χ4v) is 2.74. The van der Waals surface area contributed by atoms with Gasteiger partial charge >= 0.3 is 0 Å². The Hall–Kier alpha value is -2.01. The van der Waals surface area contributed by atoms with Crippen LogP contribution in [0.1, 0.15) is 15.2 Å². The molecule has 0 bridgehead atoms. The number of nitrogens with two attached hydrogens (primary N) is 1. The Kier molecular flexibility index (Phi) is 4.29. The van der Waals surface area contributed by atoms with E-state index in [0.29, 0.717) is 11.3 Å². The standard InChI is InChI=1S/C15H19N3OS/c1-17(2)15(19)11-6-7-13(16)14(9-11)18(3)10-12-5-4-8-20-12/h4-9H,10,16H2,1-3H3. The summed E-state index contributed by atoms with van der Waals surface area (Å²) in [6.07, 6.45) is 0. The Balaban J connectivity index is 2.26. The van der Waals surface area contributed by atoms with Crippen LogP contribution >= 0.6 is 11.3 Å². The first-order valence-electron chi connectivity index (χ1n) is 6.33. The molecular weight excluding hydrogens is 270 g/mol. The molecule has 2 N–H and O–H groups in total. The molecule has 1 aromatic carbocycles. The number of hydrogen-bond donors (Lipinski definition) is 1. The van der Waals surface area contributed by atoms with Gasteiger partial charge in [-0.3, -0.25) is 4.79 Å². The highest BCUT2D eigenvalue weighted by atomic mass is 32.1. The molecule has 0 radical (unpaired) electrons. The normalized spacial score (nSPS) is 10.3. The minimum Gasteiger partial charge on any atom is -0.397 e. The molecule has 1 aromatic heterocycles. The Morgan fingerprint density at radius 2 is 2.00 bits per heavy atom. The molecule has 2 rings (SSSR count). The maximum absolute atomic E-state index is 12.0. The summed E-state index contributed by atoms with van der Waals surface area (Å²) in [6.45, 7) is 0.779. The quantitative estimate of drug-likeness (QED) is 0.880. The number of anilines is 2. The van der Waals surface area contributed by atoms with Crippen LogP contribution in [0.3, 0.4) is 0 Å². The lowest BCUT2D eigenvalue weighted by molar-refractivity contribution is 0.0827. The third-order valence-electron chi connectivity index (χ3n) is 3.07. The molecule has 5 heteroatoms. The van der Waals surface area contributed by atoms with Gasteiger partial charge in [0, 0.05) is 31.6 Å². The van der Waals surface area contributed by atoms with Crippen molar-refractivity contribution in [2.75, 3.05) is 31.8 Å². The second-order valence-electron chi connectivity index (χ2n) is 4.91. The molecule has 0 saturated heterocycles. The Morgan fingerprint density at radius 3 is 2.60 bits per heavy atom. The highest BCUT2D eigenvalue weighted by molar-refractivity contribution is 7.09. The van der Waals surface area contributed by atoms with E-state index in [1.807, 2.05) is 19.2 Å². The van der Waals surface area contributed by atoms with Gasteiger partial charge in [0.2, 0.25) is 0 Å². The molecule has 1 heterocycles. The lowest BCUT2D eigenvalue weighted by Gasteiger charge is -2.21. The largest absolute Gasteiger partial charge is 0.397 e. The van der Waals surface area contributed by atoms with Gasteiger partial charge in [0.1, 0.15) is 0 Å². The number of nitrogens with zero attached hydrogens (tertiary/aromatic N) is 2. The fraction of sp³-hybridized carbons (Fsp3) is 0.267. The van der Waals surface area contributed by atoms with E-state index in [1.165, 1.54) is 4.88 Å². The number of rotatable bonds is 4. The van der Waals surface area contributed by atoms with Crippen LogP contribution < -0.4 is 10.6 Å². The van der Waals surface area contributed by atoms with Crippen LogP contribution in [-0.4, -0.2) is 32.0 Å². The van der Waals surface area contributed by atoms with E-state index < -0.39 is 0 Å². The zero-order chi connectivity index (χ0) is 14.7. The van der Waals surface area contributed by atoms with Gasteiger partial charge in [0.25, 0.3) is 5.91 Å². The first-order valence-corrected chi connectivity index (χ1v) is 7.21. The molecule has 106 valence electrons. The van der Waals surface area contributed by atoms with Crippen molar-refractivity contribution >= 4 is 28.6 Å². The van der Waals surface area contributed by atoms with Crippen molar-refractivity contribution < 1.29 is 4.79 Å². The lowest BCUT2D eigenvalue weighted by Crippen LogP contribution is -2.23. The molecule has 0 aliphatic heterocycles. The predicted molar refractivity (Wildman–Crippen MR) is 85.3 cm³/mol. The van der Waals surface area contributed by atoms with Crippen molar-refractivity contribution in [1.82, 2.24) is 4.90 Å². The number of nitrogen functional groups attached to an aromatic ring is 1. The van der Waals surface area contributed by atoms with Crippen molar-refractivity contribution in [2.45, 2.75) is 6.54 Å². The maximum atomic E-state index is 12.0. The summed E-state index contributed by atoms with van der Waals surface area (Å²) in [5.74, 6) is -0.0178. The van der Waals surface area contributed by atoms with Crippen molar-refractivity contribution in [3.8, 4) is 0 Å². The Morgan fingerprint density at radius 1 is 1.25 bits per heavy atom. The second-order valence-corrected chi connectivity index (χ2v) is 5.94. The summed E-state index contributed by atoms with van der Waals surface area (Å²) < 4.78 is 0. The molecule has 0 spiro atoms. The monoisotopic (exact) mass is 289 g/mol. The molecule has 0 aliphatic carbocycles. The molecular formula is C15H19N3OS. The topological polar surface area (TPSA) is 49.6 Å². The number of benzene rings is 1. The number of hydrogen-bond acceptors (Lipinski definition) is 4. The first-order chi connectivity index (χ1) is 9.49. The number of amides is 1. The SMILES string of the molecule is CN(C)C(=O)c1ccc(N)c(N(C)Cc2cccs2)c1. The highest BCUT2D eigenvalue weighted by Crippen LogP contribution is 2.26. The van der Waals surface area contributed by atoms with Crippen molar-refractivity contribution in [3.63, 3.8) is 0 Å². The van der Waals surface area contributed by atoms with E-state index in [4.69, 9.17) is 5.73 Å². The number of carbonyl (C=O) groups is 1. The van der Waals surface area contributed by atoms with Gasteiger partial charge in [-0.15, -0.1) is 11.3 Å². The molecule has 0 atom stereocenters. The van der Waals surface area contributed by atoms with Gasteiger partial charge in [-0.25, -0.2) is 0 Å². The van der Waals surface area contributed by atoms with Crippen molar-refractivity contribution in [2.24, 2.45) is 0 Å². The van der Waals surface area contributed by atoms with Crippen LogP contribution in [0.15, 0.2) is 35.7 Å². The van der Waals surface area contributed by atoms with Crippen LogP contribution in [0.2, 0.25) is 0 Å². The Labute approximate surface area is 123 Å². The van der Waals surface area contributed by atoms with E-state index in [9.17, 15) is 4.79 Å². The van der Waals surface area contributed by atoms with Gasteiger partial charge in [-0.05, 0) is 29.6 Å². The molecule has 0 saturated carbocycles. The average molecular weight is 289 g/mol. The predicted octanol–water partition coefficient (Wildman–Crippen LogP) is 2.67. The first kappa shape index (κ1) is 14.4. The van der Waals surface area contributed by atoms with Crippen molar-refractivity contribution in [3.05, 3.63) is 46.2 Å². The molecule has 0 aliphatic rings. The molecule has 4 nitrogen and oxygen atoms in total. The minimum atomic E-state index is -0.0178.